The van der Waals surface area contributed by atoms with Gasteiger partial charge in [0.2, 0.25) is 0 Å². The van der Waals surface area contributed by atoms with E-state index < -0.39 is 0 Å². The molecule has 0 heterocycles. The summed E-state index contributed by atoms with van der Waals surface area (Å²) in [6, 6.07) is 0. The second kappa shape index (κ2) is 15.9. The van der Waals surface area contributed by atoms with Crippen LogP contribution in [-0.2, 0) is 21.7 Å². The molecule has 0 saturated heterocycles. The van der Waals surface area contributed by atoms with Crippen LogP contribution < -0.4 is 0 Å². The van der Waals surface area contributed by atoms with Crippen molar-refractivity contribution in [3.63, 3.8) is 0 Å². The van der Waals surface area contributed by atoms with Gasteiger partial charge < -0.3 is 22.3 Å². The summed E-state index contributed by atoms with van der Waals surface area (Å²) >= 11 is 0. The van der Waals surface area contributed by atoms with E-state index in [2.05, 4.69) is 0 Å². The smallest absolute Gasteiger partial charge is 0.358 e. The SMILES string of the molecule is C1CCCC1.[CH3-].[CH3-].[CH3-].[Ti+3]. The molecule has 0 nitrogen and oxygen atoms in total. The molecule has 0 atom stereocenters. The zero-order chi connectivity index (χ0) is 3.54. The van der Waals surface area contributed by atoms with Crippen LogP contribution >= 0.6 is 0 Å². The normalized spacial score (nSPS) is 13.3. The molecule has 0 aromatic rings. The van der Waals surface area contributed by atoms with E-state index in [1.54, 1.807) is 0 Å². The van der Waals surface area contributed by atoms with Crippen LogP contribution in [-0.4, -0.2) is 0 Å². The van der Waals surface area contributed by atoms with Crippen molar-refractivity contribution in [2.45, 2.75) is 32.1 Å². The van der Waals surface area contributed by atoms with E-state index >= 15 is 0 Å². The predicted octanol–water partition coefficient (Wildman–Crippen LogP) is 3.30. The summed E-state index contributed by atoms with van der Waals surface area (Å²) in [6.45, 7) is 0. The second-order valence-corrected chi connectivity index (χ2v) is 1.77. The Bertz CT molecular complexity index is 16.1. The topological polar surface area (TPSA) is 0 Å². The van der Waals surface area contributed by atoms with Crippen LogP contribution in [0.15, 0.2) is 0 Å². The van der Waals surface area contributed by atoms with E-state index in [0.29, 0.717) is 0 Å². The third-order valence-electron chi connectivity index (χ3n) is 1.25. The maximum atomic E-state index is 1.50. The van der Waals surface area contributed by atoms with Gasteiger partial charge in [0, 0.05) is 0 Å². The van der Waals surface area contributed by atoms with Gasteiger partial charge in [0.25, 0.3) is 0 Å². The van der Waals surface area contributed by atoms with Crippen molar-refractivity contribution in [2.24, 2.45) is 0 Å². The minimum absolute atomic E-state index is 0. The van der Waals surface area contributed by atoms with Gasteiger partial charge in [-0.25, -0.2) is 0 Å². The molecular formula is C8H19Ti. The Hall–Kier alpha value is 0.714. The van der Waals surface area contributed by atoms with Gasteiger partial charge in [0.1, 0.15) is 0 Å². The van der Waals surface area contributed by atoms with Crippen LogP contribution in [0.2, 0.25) is 0 Å². The monoisotopic (exact) mass is 163 g/mol. The molecule has 0 unspecified atom stereocenters. The standard InChI is InChI=1S/C5H10.3CH3.Ti/c1-2-4-5-3-1;;;;/h1-5H2;3*1H3;/q;3*-1;+3. The molecule has 1 radical (unpaired) electrons. The third kappa shape index (κ3) is 12.0. The number of hydrogen-bond acceptors (Lipinski definition) is 0. The molecule has 9 heavy (non-hydrogen) atoms. The predicted molar refractivity (Wildman–Crippen MR) is 42.3 cm³/mol. The molecular weight excluding hydrogens is 144 g/mol. The van der Waals surface area contributed by atoms with Gasteiger partial charge in [-0.2, -0.15) is 0 Å². The molecule has 1 saturated carbocycles. The average molecular weight is 163 g/mol. The molecule has 55 valence electrons. The minimum Gasteiger partial charge on any atom is -0.358 e. The Morgan fingerprint density at radius 1 is 0.444 bits per heavy atom. The van der Waals surface area contributed by atoms with E-state index in [9.17, 15) is 0 Å². The van der Waals surface area contributed by atoms with E-state index in [1.165, 1.54) is 32.1 Å². The Labute approximate surface area is 76.3 Å². The summed E-state index contributed by atoms with van der Waals surface area (Å²) in [5, 5.41) is 0. The zero-order valence-electron chi connectivity index (χ0n) is 7.04. The van der Waals surface area contributed by atoms with Gasteiger partial charge in [-0.3, -0.25) is 0 Å². The zero-order valence-corrected chi connectivity index (χ0v) is 8.60. The van der Waals surface area contributed by atoms with Crippen LogP contribution in [0.25, 0.3) is 0 Å². The third-order valence-corrected chi connectivity index (χ3v) is 1.25. The van der Waals surface area contributed by atoms with Crippen LogP contribution in [0.5, 0.6) is 0 Å². The number of rotatable bonds is 0. The van der Waals surface area contributed by atoms with Crippen molar-refractivity contribution in [3.8, 4) is 0 Å². The molecule has 0 spiro atoms. The van der Waals surface area contributed by atoms with E-state index in [0.717, 1.165) is 0 Å². The largest absolute Gasteiger partial charge is 3.00 e. The first-order valence-corrected chi connectivity index (χ1v) is 2.50. The molecule has 0 aliphatic heterocycles. The van der Waals surface area contributed by atoms with Crippen molar-refractivity contribution in [1.29, 1.82) is 0 Å². The molecule has 0 N–H and O–H groups in total. The second-order valence-electron chi connectivity index (χ2n) is 1.77. The molecule has 0 aromatic heterocycles. The summed E-state index contributed by atoms with van der Waals surface area (Å²) in [7, 11) is 0. The molecule has 1 rings (SSSR count). The number of hydrogen-bond donors (Lipinski definition) is 0. The van der Waals surface area contributed by atoms with Gasteiger partial charge in [-0.15, -0.1) is 0 Å². The van der Waals surface area contributed by atoms with Crippen molar-refractivity contribution < 1.29 is 21.7 Å². The Morgan fingerprint density at radius 2 is 0.556 bits per heavy atom. The maximum Gasteiger partial charge on any atom is 3.00 e. The fraction of sp³-hybridized carbons (Fsp3) is 0.625. The Kier molecular flexibility index (Phi) is 39.9. The fourth-order valence-electron chi connectivity index (χ4n) is 0.884. The summed E-state index contributed by atoms with van der Waals surface area (Å²) in [4.78, 5) is 0. The van der Waals surface area contributed by atoms with E-state index in [4.69, 9.17) is 0 Å². The fourth-order valence-corrected chi connectivity index (χ4v) is 0.884. The van der Waals surface area contributed by atoms with E-state index in [1.807, 2.05) is 0 Å². The van der Waals surface area contributed by atoms with E-state index in [-0.39, 0.29) is 44.0 Å². The van der Waals surface area contributed by atoms with Crippen molar-refractivity contribution in [3.05, 3.63) is 22.3 Å². The minimum atomic E-state index is 0. The van der Waals surface area contributed by atoms with Crippen molar-refractivity contribution in [2.75, 3.05) is 0 Å². The Balaban J connectivity index is -0.0000000312. The molecule has 1 aliphatic rings. The van der Waals surface area contributed by atoms with Crippen molar-refractivity contribution in [1.82, 2.24) is 0 Å². The summed E-state index contributed by atoms with van der Waals surface area (Å²) < 4.78 is 0. The summed E-state index contributed by atoms with van der Waals surface area (Å²) in [5.41, 5.74) is 0. The van der Waals surface area contributed by atoms with Crippen LogP contribution in [0.3, 0.4) is 0 Å². The van der Waals surface area contributed by atoms with Gasteiger partial charge in [-0.1, -0.05) is 32.1 Å². The first kappa shape index (κ1) is 22.6. The first-order chi connectivity index (χ1) is 2.50. The van der Waals surface area contributed by atoms with Crippen LogP contribution in [0.1, 0.15) is 32.1 Å². The molecule has 1 heteroatoms. The summed E-state index contributed by atoms with van der Waals surface area (Å²) in [5.74, 6) is 0. The Morgan fingerprint density at radius 3 is 0.667 bits per heavy atom. The van der Waals surface area contributed by atoms with Gasteiger partial charge in [-0.05, 0) is 0 Å². The molecule has 0 amide bonds. The van der Waals surface area contributed by atoms with Gasteiger partial charge in [0.05, 0.1) is 0 Å². The first-order valence-electron chi connectivity index (χ1n) is 2.50. The molecule has 1 fully saturated rings. The van der Waals surface area contributed by atoms with Gasteiger partial charge in [0.15, 0.2) is 0 Å². The van der Waals surface area contributed by atoms with Crippen LogP contribution in [0.4, 0.5) is 0 Å². The molecule has 0 bridgehead atoms. The summed E-state index contributed by atoms with van der Waals surface area (Å²) in [6.07, 6.45) is 7.50. The average Bonchev–Trinajstić information content (AvgIpc) is 1.76. The quantitative estimate of drug-likeness (QED) is 0.379. The van der Waals surface area contributed by atoms with Crippen LogP contribution in [0, 0.1) is 22.3 Å². The van der Waals surface area contributed by atoms with Gasteiger partial charge >= 0.3 is 21.7 Å². The van der Waals surface area contributed by atoms with Crippen molar-refractivity contribution >= 4 is 0 Å². The molecule has 1 aliphatic carbocycles. The molecule has 0 aromatic carbocycles. The maximum absolute atomic E-state index is 1.50.